The summed E-state index contributed by atoms with van der Waals surface area (Å²) in [5.74, 6) is -0.0865. The van der Waals surface area contributed by atoms with Crippen molar-refractivity contribution in [1.29, 1.82) is 0 Å². The lowest BCUT2D eigenvalue weighted by molar-refractivity contribution is -0.114. The summed E-state index contributed by atoms with van der Waals surface area (Å²) in [4.78, 5) is 10.9. The number of rotatable bonds is 6. The van der Waals surface area contributed by atoms with E-state index in [4.69, 9.17) is 12.2 Å². The van der Waals surface area contributed by atoms with Gasteiger partial charge in [-0.15, -0.1) is 0 Å². The van der Waals surface area contributed by atoms with Gasteiger partial charge in [-0.3, -0.25) is 10.2 Å². The second-order valence-electron chi connectivity index (χ2n) is 4.28. The Kier molecular flexibility index (Phi) is 7.27. The first-order valence-corrected chi connectivity index (χ1v) is 6.97. The lowest BCUT2D eigenvalue weighted by Gasteiger charge is -2.05. The monoisotopic (exact) mass is 292 g/mol. The lowest BCUT2D eigenvalue weighted by Crippen LogP contribution is -2.32. The SMILES string of the molecule is CCCCNC(=S)N/N=C/c1ccc(NC(C)=O)cc1. The van der Waals surface area contributed by atoms with Crippen LogP contribution >= 0.6 is 12.2 Å². The molecule has 0 unspecified atom stereocenters. The molecule has 3 N–H and O–H groups in total. The molecular weight excluding hydrogens is 272 g/mol. The summed E-state index contributed by atoms with van der Waals surface area (Å²) in [6, 6.07) is 7.37. The average Bonchev–Trinajstić information content (AvgIpc) is 2.40. The van der Waals surface area contributed by atoms with Gasteiger partial charge >= 0.3 is 0 Å². The van der Waals surface area contributed by atoms with Crippen LogP contribution in [0.2, 0.25) is 0 Å². The van der Waals surface area contributed by atoms with Crippen LogP contribution in [0.3, 0.4) is 0 Å². The normalized spacial score (nSPS) is 10.3. The number of carbonyl (C=O) groups is 1. The maximum absolute atomic E-state index is 10.9. The van der Waals surface area contributed by atoms with Crippen molar-refractivity contribution in [3.63, 3.8) is 0 Å². The van der Waals surface area contributed by atoms with Crippen molar-refractivity contribution in [2.24, 2.45) is 5.10 Å². The number of thiocarbonyl (C=S) groups is 1. The van der Waals surface area contributed by atoms with E-state index >= 15 is 0 Å². The topological polar surface area (TPSA) is 65.5 Å². The summed E-state index contributed by atoms with van der Waals surface area (Å²) < 4.78 is 0. The number of benzene rings is 1. The van der Waals surface area contributed by atoms with Crippen molar-refractivity contribution in [3.05, 3.63) is 29.8 Å². The highest BCUT2D eigenvalue weighted by Gasteiger charge is 1.95. The smallest absolute Gasteiger partial charge is 0.221 e. The fraction of sp³-hybridized carbons (Fsp3) is 0.357. The standard InChI is InChI=1S/C14H20N4OS/c1-3-4-9-15-14(20)18-16-10-12-5-7-13(8-6-12)17-11(2)19/h5-8,10H,3-4,9H2,1-2H3,(H,17,19)(H2,15,18,20)/b16-10+. The van der Waals surface area contributed by atoms with Gasteiger partial charge in [0.1, 0.15) is 0 Å². The van der Waals surface area contributed by atoms with Crippen LogP contribution in [0, 0.1) is 0 Å². The molecule has 20 heavy (non-hydrogen) atoms. The van der Waals surface area contributed by atoms with Gasteiger partial charge in [0.15, 0.2) is 5.11 Å². The quantitative estimate of drug-likeness (QED) is 0.326. The molecule has 5 nitrogen and oxygen atoms in total. The average molecular weight is 292 g/mol. The van der Waals surface area contributed by atoms with E-state index in [0.717, 1.165) is 30.6 Å². The van der Waals surface area contributed by atoms with Crippen LogP contribution in [0.1, 0.15) is 32.3 Å². The summed E-state index contributed by atoms with van der Waals surface area (Å²) in [5, 5.41) is 10.3. The van der Waals surface area contributed by atoms with Gasteiger partial charge in [0.05, 0.1) is 6.21 Å². The number of nitrogens with zero attached hydrogens (tertiary/aromatic N) is 1. The molecule has 0 radical (unpaired) electrons. The van der Waals surface area contributed by atoms with Crippen LogP contribution in [-0.4, -0.2) is 23.8 Å². The first kappa shape index (κ1) is 16.1. The van der Waals surface area contributed by atoms with Crippen molar-refractivity contribution in [1.82, 2.24) is 10.7 Å². The van der Waals surface area contributed by atoms with E-state index in [0.29, 0.717) is 5.11 Å². The Balaban J connectivity index is 2.38. The Morgan fingerprint density at radius 2 is 2.05 bits per heavy atom. The molecule has 108 valence electrons. The number of amides is 1. The molecule has 6 heteroatoms. The van der Waals surface area contributed by atoms with Gasteiger partial charge < -0.3 is 10.6 Å². The first-order chi connectivity index (χ1) is 9.61. The number of unbranched alkanes of at least 4 members (excludes halogenated alkanes) is 1. The number of hydrogen-bond acceptors (Lipinski definition) is 3. The highest BCUT2D eigenvalue weighted by atomic mass is 32.1. The first-order valence-electron chi connectivity index (χ1n) is 6.56. The molecule has 1 amide bonds. The minimum atomic E-state index is -0.0865. The Hall–Kier alpha value is -1.95. The number of hydrazone groups is 1. The van der Waals surface area contributed by atoms with Gasteiger partial charge in [0.25, 0.3) is 0 Å². The fourth-order valence-electron chi connectivity index (χ4n) is 1.44. The molecular formula is C14H20N4OS. The third-order valence-electron chi connectivity index (χ3n) is 2.43. The largest absolute Gasteiger partial charge is 0.361 e. The van der Waals surface area contributed by atoms with Gasteiger partial charge in [0, 0.05) is 19.2 Å². The Bertz CT molecular complexity index is 471. The Morgan fingerprint density at radius 3 is 2.65 bits per heavy atom. The van der Waals surface area contributed by atoms with Crippen molar-refractivity contribution >= 4 is 35.1 Å². The van der Waals surface area contributed by atoms with Crippen LogP contribution < -0.4 is 16.1 Å². The fourth-order valence-corrected chi connectivity index (χ4v) is 1.59. The zero-order valence-electron chi connectivity index (χ0n) is 11.8. The molecule has 0 saturated carbocycles. The third kappa shape index (κ3) is 6.84. The van der Waals surface area contributed by atoms with E-state index in [-0.39, 0.29) is 5.91 Å². The number of anilines is 1. The molecule has 0 spiro atoms. The Labute approximate surface area is 124 Å². The predicted molar refractivity (Wildman–Crippen MR) is 87.0 cm³/mol. The van der Waals surface area contributed by atoms with E-state index in [1.165, 1.54) is 6.92 Å². The summed E-state index contributed by atoms with van der Waals surface area (Å²) in [6.45, 7) is 4.45. The lowest BCUT2D eigenvalue weighted by atomic mass is 10.2. The van der Waals surface area contributed by atoms with Crippen LogP contribution in [0.15, 0.2) is 29.4 Å². The molecule has 0 heterocycles. The van der Waals surface area contributed by atoms with E-state index in [1.807, 2.05) is 24.3 Å². The highest BCUT2D eigenvalue weighted by Crippen LogP contribution is 2.07. The van der Waals surface area contributed by atoms with Crippen LogP contribution in [0.5, 0.6) is 0 Å². The molecule has 0 aliphatic rings. The minimum absolute atomic E-state index is 0.0865. The second kappa shape index (κ2) is 9.03. The molecule has 1 rings (SSSR count). The molecule has 0 aromatic heterocycles. The van der Waals surface area contributed by atoms with Gasteiger partial charge in [-0.2, -0.15) is 5.10 Å². The van der Waals surface area contributed by atoms with Crippen LogP contribution in [-0.2, 0) is 4.79 Å². The van der Waals surface area contributed by atoms with Gasteiger partial charge in [-0.25, -0.2) is 0 Å². The van der Waals surface area contributed by atoms with Gasteiger partial charge in [0.2, 0.25) is 5.91 Å². The predicted octanol–water partition coefficient (Wildman–Crippen LogP) is 2.24. The van der Waals surface area contributed by atoms with Gasteiger partial charge in [-0.1, -0.05) is 25.5 Å². The molecule has 0 saturated heterocycles. The second-order valence-corrected chi connectivity index (χ2v) is 4.69. The molecule has 0 bridgehead atoms. The number of carbonyl (C=O) groups excluding carboxylic acids is 1. The summed E-state index contributed by atoms with van der Waals surface area (Å²) in [5.41, 5.74) is 4.44. The van der Waals surface area contributed by atoms with Crippen molar-refractivity contribution in [3.8, 4) is 0 Å². The van der Waals surface area contributed by atoms with E-state index in [1.54, 1.807) is 6.21 Å². The maximum atomic E-state index is 10.9. The molecule has 1 aromatic rings. The highest BCUT2D eigenvalue weighted by molar-refractivity contribution is 7.80. The van der Waals surface area contributed by atoms with Gasteiger partial charge in [-0.05, 0) is 36.3 Å². The van der Waals surface area contributed by atoms with E-state index in [2.05, 4.69) is 28.1 Å². The van der Waals surface area contributed by atoms with E-state index < -0.39 is 0 Å². The molecule has 0 fully saturated rings. The minimum Gasteiger partial charge on any atom is -0.361 e. The summed E-state index contributed by atoms with van der Waals surface area (Å²) in [6.07, 6.45) is 3.88. The van der Waals surface area contributed by atoms with Crippen molar-refractivity contribution in [2.45, 2.75) is 26.7 Å². The summed E-state index contributed by atoms with van der Waals surface area (Å²) >= 11 is 5.07. The number of nitrogens with one attached hydrogen (secondary N) is 3. The molecule has 0 aliphatic heterocycles. The van der Waals surface area contributed by atoms with E-state index in [9.17, 15) is 4.79 Å². The van der Waals surface area contributed by atoms with Crippen LogP contribution in [0.25, 0.3) is 0 Å². The Morgan fingerprint density at radius 1 is 1.35 bits per heavy atom. The third-order valence-corrected chi connectivity index (χ3v) is 2.66. The maximum Gasteiger partial charge on any atom is 0.221 e. The zero-order chi connectivity index (χ0) is 14.8. The van der Waals surface area contributed by atoms with Crippen molar-refractivity contribution in [2.75, 3.05) is 11.9 Å². The van der Waals surface area contributed by atoms with Crippen molar-refractivity contribution < 1.29 is 4.79 Å². The molecule has 1 aromatic carbocycles. The van der Waals surface area contributed by atoms with Crippen LogP contribution in [0.4, 0.5) is 5.69 Å². The summed E-state index contributed by atoms with van der Waals surface area (Å²) in [7, 11) is 0. The zero-order valence-corrected chi connectivity index (χ0v) is 12.6. The number of hydrogen-bond donors (Lipinski definition) is 3. The molecule has 0 aliphatic carbocycles. The molecule has 0 atom stereocenters.